The highest BCUT2D eigenvalue weighted by molar-refractivity contribution is 6.44. The van der Waals surface area contributed by atoms with Gasteiger partial charge in [0.2, 0.25) is 0 Å². The lowest BCUT2D eigenvalue weighted by atomic mass is 10.2. The van der Waals surface area contributed by atoms with Crippen molar-refractivity contribution >= 4 is 34.8 Å². The second-order valence-corrected chi connectivity index (χ2v) is 6.35. The lowest BCUT2D eigenvalue weighted by Crippen LogP contribution is -2.15. The number of aryl methyl sites for hydroxylation is 1. The fourth-order valence-corrected chi connectivity index (χ4v) is 2.76. The van der Waals surface area contributed by atoms with Gasteiger partial charge in [0.15, 0.2) is 17.2 Å². The van der Waals surface area contributed by atoms with Crippen LogP contribution in [0.4, 0.5) is 5.69 Å². The zero-order chi connectivity index (χ0) is 19.4. The molecular weight excluding hydrogens is 391 g/mol. The smallest absolute Gasteiger partial charge is 0.278 e. The highest BCUT2D eigenvalue weighted by Crippen LogP contribution is 2.31. The zero-order valence-electron chi connectivity index (χ0n) is 14.6. The van der Waals surface area contributed by atoms with Gasteiger partial charge in [-0.25, -0.2) is 0 Å². The number of methoxy groups -OCH3 is 1. The Morgan fingerprint density at radius 2 is 1.89 bits per heavy atom. The lowest BCUT2D eigenvalue weighted by molar-refractivity contribution is 0.101. The van der Waals surface area contributed by atoms with E-state index in [1.54, 1.807) is 44.4 Å². The van der Waals surface area contributed by atoms with Gasteiger partial charge in [-0.3, -0.25) is 4.79 Å². The van der Waals surface area contributed by atoms with Gasteiger partial charge in [-0.1, -0.05) is 46.6 Å². The number of carbonyl (C=O) groups is 1. The Hall–Kier alpha value is -2.70. The number of halogens is 2. The molecule has 8 heteroatoms. The quantitative estimate of drug-likeness (QED) is 0.613. The SMILES string of the molecule is COc1ccccc1OCc1c(C(=O)Nc2cccc(Cl)c2Cl)noc1C. The van der Waals surface area contributed by atoms with Crippen LogP contribution < -0.4 is 14.8 Å². The van der Waals surface area contributed by atoms with E-state index in [4.69, 9.17) is 37.2 Å². The Balaban J connectivity index is 1.80. The van der Waals surface area contributed by atoms with E-state index in [1.165, 1.54) is 0 Å². The minimum Gasteiger partial charge on any atom is -0.493 e. The van der Waals surface area contributed by atoms with Crippen LogP contribution in [0.1, 0.15) is 21.8 Å². The number of benzene rings is 2. The van der Waals surface area contributed by atoms with Crippen LogP contribution in [0, 0.1) is 6.92 Å². The van der Waals surface area contributed by atoms with Crippen LogP contribution in [0.5, 0.6) is 11.5 Å². The first-order chi connectivity index (χ1) is 13.0. The van der Waals surface area contributed by atoms with Crippen molar-refractivity contribution in [1.29, 1.82) is 0 Å². The largest absolute Gasteiger partial charge is 0.493 e. The van der Waals surface area contributed by atoms with E-state index in [2.05, 4.69) is 10.5 Å². The average Bonchev–Trinajstić information content (AvgIpc) is 3.04. The van der Waals surface area contributed by atoms with Crippen molar-refractivity contribution in [2.24, 2.45) is 0 Å². The Bertz CT molecular complexity index is 972. The summed E-state index contributed by atoms with van der Waals surface area (Å²) >= 11 is 12.1. The molecule has 0 unspecified atom stereocenters. The van der Waals surface area contributed by atoms with Gasteiger partial charge in [0, 0.05) is 0 Å². The number of rotatable bonds is 6. The highest BCUT2D eigenvalue weighted by atomic mass is 35.5. The van der Waals surface area contributed by atoms with Crippen LogP contribution in [0.3, 0.4) is 0 Å². The summed E-state index contributed by atoms with van der Waals surface area (Å²) in [5, 5.41) is 7.12. The van der Waals surface area contributed by atoms with Crippen molar-refractivity contribution in [2.75, 3.05) is 12.4 Å². The number of nitrogens with zero attached hydrogens (tertiary/aromatic N) is 1. The second-order valence-electron chi connectivity index (χ2n) is 5.56. The van der Waals surface area contributed by atoms with Crippen LogP contribution in [-0.2, 0) is 6.61 Å². The number of ether oxygens (including phenoxy) is 2. The van der Waals surface area contributed by atoms with E-state index in [0.29, 0.717) is 33.5 Å². The Morgan fingerprint density at radius 3 is 2.63 bits per heavy atom. The van der Waals surface area contributed by atoms with Crippen LogP contribution >= 0.6 is 23.2 Å². The number of amides is 1. The van der Waals surface area contributed by atoms with Crippen molar-refractivity contribution in [3.05, 3.63) is 69.5 Å². The molecule has 0 fully saturated rings. The van der Waals surface area contributed by atoms with Gasteiger partial charge < -0.3 is 19.3 Å². The molecule has 0 aliphatic carbocycles. The van der Waals surface area contributed by atoms with Crippen molar-refractivity contribution in [3.63, 3.8) is 0 Å². The van der Waals surface area contributed by atoms with Gasteiger partial charge in [0.25, 0.3) is 5.91 Å². The number of nitrogens with one attached hydrogen (secondary N) is 1. The lowest BCUT2D eigenvalue weighted by Gasteiger charge is -2.11. The molecule has 27 heavy (non-hydrogen) atoms. The minimum atomic E-state index is -0.477. The molecule has 0 spiro atoms. The second kappa shape index (κ2) is 8.33. The van der Waals surface area contributed by atoms with E-state index in [0.717, 1.165) is 0 Å². The molecule has 0 aliphatic heterocycles. The Morgan fingerprint density at radius 1 is 1.15 bits per heavy atom. The maximum atomic E-state index is 12.6. The summed E-state index contributed by atoms with van der Waals surface area (Å²) in [7, 11) is 1.56. The van der Waals surface area contributed by atoms with Gasteiger partial charge in [-0.15, -0.1) is 0 Å². The topological polar surface area (TPSA) is 73.6 Å². The number of carbonyl (C=O) groups excluding carboxylic acids is 1. The number of aromatic nitrogens is 1. The number of hydrogen-bond acceptors (Lipinski definition) is 5. The third-order valence-electron chi connectivity index (χ3n) is 3.84. The first-order valence-electron chi connectivity index (χ1n) is 7.97. The van der Waals surface area contributed by atoms with Gasteiger partial charge in [-0.2, -0.15) is 0 Å². The van der Waals surface area contributed by atoms with Crippen LogP contribution in [-0.4, -0.2) is 18.2 Å². The van der Waals surface area contributed by atoms with Gasteiger partial charge >= 0.3 is 0 Å². The molecule has 3 aromatic rings. The summed E-state index contributed by atoms with van der Waals surface area (Å²) in [6, 6.07) is 12.2. The Labute approximate surface area is 166 Å². The molecule has 140 valence electrons. The van der Waals surface area contributed by atoms with E-state index in [-0.39, 0.29) is 17.3 Å². The summed E-state index contributed by atoms with van der Waals surface area (Å²) in [5.74, 6) is 1.13. The average molecular weight is 407 g/mol. The molecule has 6 nitrogen and oxygen atoms in total. The number of para-hydroxylation sites is 2. The first kappa shape index (κ1) is 19.1. The van der Waals surface area contributed by atoms with Crippen molar-refractivity contribution < 1.29 is 18.8 Å². The van der Waals surface area contributed by atoms with E-state index in [9.17, 15) is 4.79 Å². The summed E-state index contributed by atoms with van der Waals surface area (Å²) in [6.07, 6.45) is 0. The summed E-state index contributed by atoms with van der Waals surface area (Å²) < 4.78 is 16.2. The fourth-order valence-electron chi connectivity index (χ4n) is 2.41. The molecule has 0 saturated heterocycles. The molecule has 0 saturated carbocycles. The van der Waals surface area contributed by atoms with Crippen LogP contribution in [0.2, 0.25) is 10.0 Å². The molecule has 0 atom stereocenters. The molecule has 1 N–H and O–H groups in total. The molecule has 3 rings (SSSR count). The summed E-state index contributed by atoms with van der Waals surface area (Å²) in [4.78, 5) is 12.6. The highest BCUT2D eigenvalue weighted by Gasteiger charge is 2.22. The third kappa shape index (κ3) is 4.18. The van der Waals surface area contributed by atoms with E-state index >= 15 is 0 Å². The maximum absolute atomic E-state index is 12.6. The number of hydrogen-bond donors (Lipinski definition) is 1. The molecule has 0 aliphatic rings. The van der Waals surface area contributed by atoms with Crippen molar-refractivity contribution in [2.45, 2.75) is 13.5 Å². The van der Waals surface area contributed by atoms with Crippen LogP contribution in [0.25, 0.3) is 0 Å². The maximum Gasteiger partial charge on any atom is 0.278 e. The first-order valence-corrected chi connectivity index (χ1v) is 8.73. The molecule has 1 aromatic heterocycles. The van der Waals surface area contributed by atoms with Gasteiger partial charge in [-0.05, 0) is 31.2 Å². The Kier molecular flexibility index (Phi) is 5.88. The normalized spacial score (nSPS) is 10.5. The van der Waals surface area contributed by atoms with Gasteiger partial charge in [0.05, 0.1) is 28.4 Å². The molecular formula is C19H16Cl2N2O4. The minimum absolute atomic E-state index is 0.0851. The van der Waals surface area contributed by atoms with Gasteiger partial charge in [0.1, 0.15) is 12.4 Å². The summed E-state index contributed by atoms with van der Waals surface area (Å²) in [5.41, 5.74) is 1.02. The van der Waals surface area contributed by atoms with E-state index in [1.807, 2.05) is 12.1 Å². The molecule has 1 amide bonds. The number of anilines is 1. The van der Waals surface area contributed by atoms with Crippen LogP contribution in [0.15, 0.2) is 47.0 Å². The van der Waals surface area contributed by atoms with Crippen molar-refractivity contribution in [1.82, 2.24) is 5.16 Å². The summed E-state index contributed by atoms with van der Waals surface area (Å²) in [6.45, 7) is 1.79. The van der Waals surface area contributed by atoms with Crippen molar-refractivity contribution in [3.8, 4) is 11.5 Å². The predicted octanol–water partition coefficient (Wildman–Crippen LogP) is 5.13. The predicted molar refractivity (Wildman–Crippen MR) is 103 cm³/mol. The third-order valence-corrected chi connectivity index (χ3v) is 4.66. The fraction of sp³-hybridized carbons (Fsp3) is 0.158. The molecule has 1 heterocycles. The van der Waals surface area contributed by atoms with E-state index < -0.39 is 5.91 Å². The monoisotopic (exact) mass is 406 g/mol. The molecule has 0 radical (unpaired) electrons. The molecule has 0 bridgehead atoms. The zero-order valence-corrected chi connectivity index (χ0v) is 16.1. The standard InChI is InChI=1S/C19H16Cl2N2O4/c1-11-12(10-26-16-9-4-3-8-15(16)25-2)18(23-27-11)19(24)22-14-7-5-6-13(20)17(14)21/h3-9H,10H2,1-2H3,(H,22,24). The molecule has 2 aromatic carbocycles.